The maximum absolute atomic E-state index is 12.2. The first kappa shape index (κ1) is 15.2. The van der Waals surface area contributed by atoms with E-state index in [9.17, 15) is 9.90 Å². The average Bonchev–Trinajstić information content (AvgIpc) is 2.38. The normalized spacial score (nSPS) is 18.2. The summed E-state index contributed by atoms with van der Waals surface area (Å²) in [6.45, 7) is 4.00. The fourth-order valence-electron chi connectivity index (χ4n) is 2.62. The van der Waals surface area contributed by atoms with E-state index in [1.165, 1.54) is 0 Å². The fraction of sp³-hybridized carbons (Fsp3) is 0.562. The number of likely N-dealkylation sites (N-methyl/N-ethyl adjacent to an activating group) is 1. The zero-order valence-electron chi connectivity index (χ0n) is 12.3. The Morgan fingerprint density at radius 3 is 2.75 bits per heavy atom. The molecule has 4 nitrogen and oxygen atoms in total. The van der Waals surface area contributed by atoms with Crippen LogP contribution in [0.2, 0.25) is 0 Å². The highest BCUT2D eigenvalue weighted by molar-refractivity contribution is 5.97. The molecule has 1 aliphatic rings. The van der Waals surface area contributed by atoms with E-state index in [-0.39, 0.29) is 5.78 Å². The predicted molar refractivity (Wildman–Crippen MR) is 78.0 cm³/mol. The first-order valence-electron chi connectivity index (χ1n) is 7.07. The van der Waals surface area contributed by atoms with Gasteiger partial charge in [0.2, 0.25) is 0 Å². The van der Waals surface area contributed by atoms with Crippen molar-refractivity contribution in [2.75, 3.05) is 33.4 Å². The molecule has 1 saturated heterocycles. The van der Waals surface area contributed by atoms with Crippen molar-refractivity contribution in [2.24, 2.45) is 0 Å². The van der Waals surface area contributed by atoms with E-state index in [1.807, 2.05) is 43.1 Å². The highest BCUT2D eigenvalue weighted by Gasteiger charge is 2.31. The molecule has 1 N–H and O–H groups in total. The van der Waals surface area contributed by atoms with Crippen LogP contribution in [0.25, 0.3) is 0 Å². The smallest absolute Gasteiger partial charge is 0.176 e. The third-order valence-electron chi connectivity index (χ3n) is 3.74. The van der Waals surface area contributed by atoms with Crippen LogP contribution in [-0.4, -0.2) is 54.7 Å². The van der Waals surface area contributed by atoms with E-state index >= 15 is 0 Å². The van der Waals surface area contributed by atoms with Crippen LogP contribution in [-0.2, 0) is 4.74 Å². The number of carbonyl (C=O) groups is 1. The van der Waals surface area contributed by atoms with Crippen LogP contribution in [0.15, 0.2) is 24.3 Å². The SMILES string of the molecule is Cc1cccc(C(=O)CN(C)CC2(O)CCOCC2)c1. The second kappa shape index (κ2) is 6.48. The maximum Gasteiger partial charge on any atom is 0.176 e. The van der Waals surface area contributed by atoms with Crippen molar-refractivity contribution in [3.63, 3.8) is 0 Å². The molecule has 20 heavy (non-hydrogen) atoms. The summed E-state index contributed by atoms with van der Waals surface area (Å²) >= 11 is 0. The molecule has 0 atom stereocenters. The van der Waals surface area contributed by atoms with E-state index in [0.29, 0.717) is 39.1 Å². The highest BCUT2D eigenvalue weighted by atomic mass is 16.5. The Morgan fingerprint density at radius 2 is 2.10 bits per heavy atom. The minimum absolute atomic E-state index is 0.0897. The lowest BCUT2D eigenvalue weighted by Gasteiger charge is -2.35. The number of nitrogens with zero attached hydrogens (tertiary/aromatic N) is 1. The molecule has 1 aromatic rings. The molecule has 0 saturated carbocycles. The van der Waals surface area contributed by atoms with Gasteiger partial charge in [-0.25, -0.2) is 0 Å². The molecule has 110 valence electrons. The van der Waals surface area contributed by atoms with Crippen LogP contribution in [0.5, 0.6) is 0 Å². The summed E-state index contributed by atoms with van der Waals surface area (Å²) in [5.74, 6) is 0.0897. The van der Waals surface area contributed by atoms with Crippen LogP contribution < -0.4 is 0 Å². The Bertz CT molecular complexity index is 467. The Balaban J connectivity index is 1.90. The molecule has 1 heterocycles. The number of carbonyl (C=O) groups excluding carboxylic acids is 1. The summed E-state index contributed by atoms with van der Waals surface area (Å²) in [5.41, 5.74) is 1.09. The largest absolute Gasteiger partial charge is 0.388 e. The lowest BCUT2D eigenvalue weighted by atomic mass is 9.94. The number of benzene rings is 1. The van der Waals surface area contributed by atoms with Gasteiger partial charge in [-0.15, -0.1) is 0 Å². The third kappa shape index (κ3) is 4.13. The monoisotopic (exact) mass is 277 g/mol. The van der Waals surface area contributed by atoms with Gasteiger partial charge in [0, 0.05) is 38.2 Å². The van der Waals surface area contributed by atoms with Gasteiger partial charge in [-0.2, -0.15) is 0 Å². The Labute approximate surface area is 120 Å². The van der Waals surface area contributed by atoms with E-state index in [4.69, 9.17) is 4.74 Å². The van der Waals surface area contributed by atoms with Crippen molar-refractivity contribution in [1.29, 1.82) is 0 Å². The van der Waals surface area contributed by atoms with Crippen molar-refractivity contribution in [3.05, 3.63) is 35.4 Å². The molecule has 0 spiro atoms. The number of aliphatic hydroxyl groups is 1. The standard InChI is InChI=1S/C16H23NO3/c1-13-4-3-5-14(10-13)15(18)11-17(2)12-16(19)6-8-20-9-7-16/h3-5,10,19H,6-9,11-12H2,1-2H3. The molecule has 0 radical (unpaired) electrons. The summed E-state index contributed by atoms with van der Waals surface area (Å²) in [4.78, 5) is 14.1. The number of Topliss-reactive ketones (excluding diaryl/α,β-unsaturated/α-hetero) is 1. The molecule has 1 aliphatic heterocycles. The van der Waals surface area contributed by atoms with Crippen LogP contribution in [0.1, 0.15) is 28.8 Å². The van der Waals surface area contributed by atoms with E-state index in [2.05, 4.69) is 0 Å². The van der Waals surface area contributed by atoms with Crippen molar-refractivity contribution in [3.8, 4) is 0 Å². The van der Waals surface area contributed by atoms with Gasteiger partial charge >= 0.3 is 0 Å². The lowest BCUT2D eigenvalue weighted by molar-refractivity contribution is -0.0758. The Morgan fingerprint density at radius 1 is 1.40 bits per heavy atom. The third-order valence-corrected chi connectivity index (χ3v) is 3.74. The molecule has 0 aliphatic carbocycles. The first-order chi connectivity index (χ1) is 9.48. The van der Waals surface area contributed by atoms with Crippen LogP contribution in [0.3, 0.4) is 0 Å². The summed E-state index contributed by atoms with van der Waals surface area (Å²) in [7, 11) is 1.88. The minimum Gasteiger partial charge on any atom is -0.388 e. The minimum atomic E-state index is -0.722. The van der Waals surface area contributed by atoms with Gasteiger partial charge in [-0.05, 0) is 20.0 Å². The summed E-state index contributed by atoms with van der Waals surface area (Å²) in [6.07, 6.45) is 1.27. The van der Waals surface area contributed by atoms with Crippen molar-refractivity contribution < 1.29 is 14.6 Å². The summed E-state index contributed by atoms with van der Waals surface area (Å²) in [5, 5.41) is 10.4. The number of hydrogen-bond acceptors (Lipinski definition) is 4. The number of hydrogen-bond donors (Lipinski definition) is 1. The lowest BCUT2D eigenvalue weighted by Crippen LogP contribution is -2.46. The Kier molecular flexibility index (Phi) is 4.91. The van der Waals surface area contributed by atoms with Crippen molar-refractivity contribution >= 4 is 5.78 Å². The fourth-order valence-corrected chi connectivity index (χ4v) is 2.62. The first-order valence-corrected chi connectivity index (χ1v) is 7.07. The number of aryl methyl sites for hydroxylation is 1. The molecule has 0 amide bonds. The summed E-state index contributed by atoms with van der Waals surface area (Å²) in [6, 6.07) is 7.62. The molecule has 2 rings (SSSR count). The predicted octanol–water partition coefficient (Wildman–Crippen LogP) is 1.65. The molecule has 4 heteroatoms. The Hall–Kier alpha value is -1.23. The molecular formula is C16H23NO3. The number of ketones is 1. The van der Waals surface area contributed by atoms with Gasteiger partial charge < -0.3 is 9.84 Å². The van der Waals surface area contributed by atoms with Gasteiger partial charge in [-0.3, -0.25) is 9.69 Å². The van der Waals surface area contributed by atoms with E-state index < -0.39 is 5.60 Å². The van der Waals surface area contributed by atoms with Gasteiger partial charge in [0.15, 0.2) is 5.78 Å². The molecule has 0 aromatic heterocycles. The molecule has 0 unspecified atom stereocenters. The van der Waals surface area contributed by atoms with Crippen LogP contribution in [0.4, 0.5) is 0 Å². The van der Waals surface area contributed by atoms with E-state index in [0.717, 1.165) is 11.1 Å². The molecule has 0 bridgehead atoms. The van der Waals surface area contributed by atoms with Gasteiger partial charge in [-0.1, -0.05) is 23.8 Å². The zero-order chi connectivity index (χ0) is 14.6. The molecule has 1 fully saturated rings. The number of rotatable bonds is 5. The van der Waals surface area contributed by atoms with E-state index in [1.54, 1.807) is 0 Å². The van der Waals surface area contributed by atoms with Gasteiger partial charge in [0.25, 0.3) is 0 Å². The zero-order valence-corrected chi connectivity index (χ0v) is 12.3. The number of ether oxygens (including phenoxy) is 1. The van der Waals surface area contributed by atoms with Crippen molar-refractivity contribution in [1.82, 2.24) is 4.90 Å². The molecular weight excluding hydrogens is 254 g/mol. The van der Waals surface area contributed by atoms with Gasteiger partial charge in [0.1, 0.15) is 0 Å². The topological polar surface area (TPSA) is 49.8 Å². The highest BCUT2D eigenvalue weighted by Crippen LogP contribution is 2.21. The van der Waals surface area contributed by atoms with Crippen molar-refractivity contribution in [2.45, 2.75) is 25.4 Å². The second-order valence-electron chi connectivity index (χ2n) is 5.80. The van der Waals surface area contributed by atoms with Gasteiger partial charge in [0.05, 0.1) is 12.1 Å². The summed E-state index contributed by atoms with van der Waals surface area (Å²) < 4.78 is 5.26. The second-order valence-corrected chi connectivity index (χ2v) is 5.80. The van der Waals surface area contributed by atoms with Crippen LogP contribution >= 0.6 is 0 Å². The molecule has 1 aromatic carbocycles. The van der Waals surface area contributed by atoms with Crippen LogP contribution in [0, 0.1) is 6.92 Å². The maximum atomic E-state index is 12.2. The quantitative estimate of drug-likeness (QED) is 0.832. The average molecular weight is 277 g/mol.